The molecule has 1 aliphatic rings. The highest BCUT2D eigenvalue weighted by atomic mass is 16.6. The number of carbonyl (C=O) groups excluding carboxylic acids is 1. The summed E-state index contributed by atoms with van der Waals surface area (Å²) in [4.78, 5) is 18.4. The minimum atomic E-state index is -0.492. The summed E-state index contributed by atoms with van der Waals surface area (Å²) in [7, 11) is 1.74. The molecule has 1 amide bonds. The number of benzene rings is 1. The molecule has 0 saturated carbocycles. The van der Waals surface area contributed by atoms with E-state index in [1.54, 1.807) is 7.05 Å². The Morgan fingerprint density at radius 2 is 1.89 bits per heavy atom. The second kappa shape index (κ2) is 10.2. The maximum absolute atomic E-state index is 11.7. The molecule has 1 saturated heterocycles. The van der Waals surface area contributed by atoms with Gasteiger partial charge >= 0.3 is 6.09 Å². The minimum Gasteiger partial charge on any atom is -0.444 e. The van der Waals surface area contributed by atoms with Crippen LogP contribution in [0.4, 0.5) is 10.5 Å². The van der Waals surface area contributed by atoms with Crippen LogP contribution in [0, 0.1) is 0 Å². The summed E-state index contributed by atoms with van der Waals surface area (Å²) >= 11 is 0. The Labute approximate surface area is 168 Å². The maximum atomic E-state index is 11.7. The van der Waals surface area contributed by atoms with Crippen LogP contribution in [0.3, 0.4) is 0 Å². The number of hydrogen-bond donors (Lipinski definition) is 3. The van der Waals surface area contributed by atoms with Crippen LogP contribution in [0.15, 0.2) is 29.3 Å². The topological polar surface area (TPSA) is 78.0 Å². The van der Waals surface area contributed by atoms with Crippen molar-refractivity contribution in [3.05, 3.63) is 29.8 Å². The summed E-state index contributed by atoms with van der Waals surface area (Å²) in [5.74, 6) is 0.699. The predicted octanol–water partition coefficient (Wildman–Crippen LogP) is 3.04. The second-order valence-electron chi connectivity index (χ2n) is 8.08. The first-order chi connectivity index (χ1) is 13.3. The first-order valence-electron chi connectivity index (χ1n) is 10.1. The Hall–Kier alpha value is -2.44. The van der Waals surface area contributed by atoms with Crippen molar-refractivity contribution in [3.8, 4) is 0 Å². The zero-order chi connectivity index (χ0) is 20.6. The standard InChI is InChI=1S/C21H35N5O2/c1-16(17-9-8-10-18(15-17)26-13-6-7-14-26)25-19(22-5)23-11-12-24-20(27)28-21(2,3)4/h8-10,15-16H,6-7,11-14H2,1-5H3,(H,24,27)(H2,22,23,25). The molecule has 1 aromatic carbocycles. The highest BCUT2D eigenvalue weighted by Gasteiger charge is 2.16. The zero-order valence-corrected chi connectivity index (χ0v) is 17.8. The summed E-state index contributed by atoms with van der Waals surface area (Å²) in [6.07, 6.45) is 2.13. The highest BCUT2D eigenvalue weighted by molar-refractivity contribution is 5.80. The number of amides is 1. The van der Waals surface area contributed by atoms with E-state index in [9.17, 15) is 4.79 Å². The van der Waals surface area contributed by atoms with E-state index in [0.29, 0.717) is 19.0 Å². The maximum Gasteiger partial charge on any atom is 0.407 e. The van der Waals surface area contributed by atoms with E-state index < -0.39 is 11.7 Å². The number of nitrogens with zero attached hydrogens (tertiary/aromatic N) is 2. The van der Waals surface area contributed by atoms with Crippen molar-refractivity contribution in [2.75, 3.05) is 38.1 Å². The molecule has 0 bridgehead atoms. The summed E-state index contributed by atoms with van der Waals surface area (Å²) in [5.41, 5.74) is 2.01. The van der Waals surface area contributed by atoms with E-state index in [4.69, 9.17) is 4.74 Å². The van der Waals surface area contributed by atoms with Gasteiger partial charge in [0.1, 0.15) is 5.60 Å². The van der Waals surface area contributed by atoms with E-state index >= 15 is 0 Å². The first-order valence-corrected chi connectivity index (χ1v) is 10.1. The number of nitrogens with one attached hydrogen (secondary N) is 3. The molecule has 7 heteroatoms. The third-order valence-electron chi connectivity index (χ3n) is 4.50. The van der Waals surface area contributed by atoms with Gasteiger partial charge in [0.05, 0.1) is 6.04 Å². The van der Waals surface area contributed by atoms with Crippen LogP contribution in [-0.4, -0.2) is 50.9 Å². The molecular formula is C21H35N5O2. The van der Waals surface area contributed by atoms with E-state index in [1.807, 2.05) is 20.8 Å². The van der Waals surface area contributed by atoms with Crippen molar-refractivity contribution < 1.29 is 9.53 Å². The van der Waals surface area contributed by atoms with Crippen molar-refractivity contribution in [2.24, 2.45) is 4.99 Å². The molecule has 1 fully saturated rings. The normalized spacial score (nSPS) is 15.9. The molecule has 0 aromatic heterocycles. The second-order valence-corrected chi connectivity index (χ2v) is 8.08. The lowest BCUT2D eigenvalue weighted by Gasteiger charge is -2.22. The molecule has 1 unspecified atom stereocenters. The molecule has 1 heterocycles. The van der Waals surface area contributed by atoms with E-state index in [0.717, 1.165) is 13.1 Å². The number of hydrogen-bond acceptors (Lipinski definition) is 4. The lowest BCUT2D eigenvalue weighted by atomic mass is 10.1. The van der Waals surface area contributed by atoms with Crippen molar-refractivity contribution >= 4 is 17.7 Å². The lowest BCUT2D eigenvalue weighted by Crippen LogP contribution is -2.43. The van der Waals surface area contributed by atoms with Crippen molar-refractivity contribution in [3.63, 3.8) is 0 Å². The molecule has 0 spiro atoms. The summed E-state index contributed by atoms with van der Waals surface area (Å²) in [5, 5.41) is 9.35. The number of carbonyl (C=O) groups is 1. The summed E-state index contributed by atoms with van der Waals surface area (Å²) in [6, 6.07) is 8.79. The molecular weight excluding hydrogens is 354 g/mol. The molecule has 0 radical (unpaired) electrons. The Morgan fingerprint density at radius 3 is 2.54 bits per heavy atom. The quantitative estimate of drug-likeness (QED) is 0.396. The average Bonchev–Trinajstić information content (AvgIpc) is 3.17. The minimum absolute atomic E-state index is 0.118. The fourth-order valence-electron chi connectivity index (χ4n) is 3.11. The molecule has 0 aliphatic carbocycles. The molecule has 2 rings (SSSR count). The Morgan fingerprint density at radius 1 is 1.21 bits per heavy atom. The number of guanidine groups is 1. The predicted molar refractivity (Wildman–Crippen MR) is 115 cm³/mol. The third kappa shape index (κ3) is 7.29. The van der Waals surface area contributed by atoms with Gasteiger partial charge in [-0.1, -0.05) is 12.1 Å². The molecule has 3 N–H and O–H groups in total. The van der Waals surface area contributed by atoms with Gasteiger partial charge in [-0.2, -0.15) is 0 Å². The van der Waals surface area contributed by atoms with Gasteiger partial charge in [-0.15, -0.1) is 0 Å². The fourth-order valence-corrected chi connectivity index (χ4v) is 3.11. The number of anilines is 1. The van der Waals surface area contributed by atoms with Gasteiger partial charge < -0.3 is 25.6 Å². The summed E-state index contributed by atoms with van der Waals surface area (Å²) in [6.45, 7) is 10.9. The van der Waals surface area contributed by atoms with Gasteiger partial charge in [-0.3, -0.25) is 4.99 Å². The van der Waals surface area contributed by atoms with Crippen molar-refractivity contribution in [2.45, 2.75) is 52.2 Å². The van der Waals surface area contributed by atoms with E-state index in [1.165, 1.54) is 24.1 Å². The van der Waals surface area contributed by atoms with E-state index in [2.05, 4.69) is 57.0 Å². The Balaban J connectivity index is 1.79. The van der Waals surface area contributed by atoms with Crippen LogP contribution in [0.2, 0.25) is 0 Å². The molecule has 28 heavy (non-hydrogen) atoms. The smallest absolute Gasteiger partial charge is 0.407 e. The van der Waals surface area contributed by atoms with Crippen LogP contribution in [0.25, 0.3) is 0 Å². The van der Waals surface area contributed by atoms with Crippen LogP contribution in [0.5, 0.6) is 0 Å². The Bertz CT molecular complexity index is 663. The van der Waals surface area contributed by atoms with Crippen LogP contribution in [-0.2, 0) is 4.74 Å². The van der Waals surface area contributed by atoms with Gasteiger partial charge in [-0.05, 0) is 58.2 Å². The third-order valence-corrected chi connectivity index (χ3v) is 4.50. The van der Waals surface area contributed by atoms with Gasteiger partial charge in [0.15, 0.2) is 5.96 Å². The first kappa shape index (κ1) is 21.9. The SMILES string of the molecule is CN=C(NCCNC(=O)OC(C)(C)C)NC(C)c1cccc(N2CCCC2)c1. The lowest BCUT2D eigenvalue weighted by molar-refractivity contribution is 0.0529. The van der Waals surface area contributed by atoms with Gasteiger partial charge in [0.25, 0.3) is 0 Å². The number of aliphatic imine (C=N–C) groups is 1. The van der Waals surface area contributed by atoms with Crippen LogP contribution >= 0.6 is 0 Å². The molecule has 1 aromatic rings. The van der Waals surface area contributed by atoms with Crippen LogP contribution in [0.1, 0.15) is 52.1 Å². The van der Waals surface area contributed by atoms with Gasteiger partial charge in [-0.25, -0.2) is 4.79 Å². The fraction of sp³-hybridized carbons (Fsp3) is 0.619. The monoisotopic (exact) mass is 389 g/mol. The number of rotatable bonds is 6. The van der Waals surface area contributed by atoms with E-state index in [-0.39, 0.29) is 6.04 Å². The van der Waals surface area contributed by atoms with Crippen molar-refractivity contribution in [1.29, 1.82) is 0 Å². The number of alkyl carbamates (subject to hydrolysis) is 1. The van der Waals surface area contributed by atoms with Crippen molar-refractivity contribution in [1.82, 2.24) is 16.0 Å². The molecule has 1 atom stereocenters. The highest BCUT2D eigenvalue weighted by Crippen LogP contribution is 2.23. The average molecular weight is 390 g/mol. The molecule has 7 nitrogen and oxygen atoms in total. The summed E-state index contributed by atoms with van der Waals surface area (Å²) < 4.78 is 5.22. The van der Waals surface area contributed by atoms with Crippen LogP contribution < -0.4 is 20.9 Å². The molecule has 1 aliphatic heterocycles. The van der Waals surface area contributed by atoms with Gasteiger partial charge in [0.2, 0.25) is 0 Å². The van der Waals surface area contributed by atoms with Gasteiger partial charge in [0, 0.05) is 38.9 Å². The Kier molecular flexibility index (Phi) is 7.96. The zero-order valence-electron chi connectivity index (χ0n) is 17.8. The number of ether oxygens (including phenoxy) is 1. The molecule has 156 valence electrons. The largest absolute Gasteiger partial charge is 0.444 e.